The molecule has 2 aliphatic rings. The molecule has 0 bridgehead atoms. The summed E-state index contributed by atoms with van der Waals surface area (Å²) in [5, 5.41) is 1.02. The number of aryl methyl sites for hydroxylation is 1. The first kappa shape index (κ1) is 20.3. The number of fused-ring (bicyclic) bond motifs is 1. The van der Waals surface area contributed by atoms with Crippen LogP contribution in [-0.4, -0.2) is 70.6 Å². The smallest absolute Gasteiger partial charge is 0.399 e. The number of piperidine rings is 1. The van der Waals surface area contributed by atoms with Crippen LogP contribution in [0.25, 0.3) is 11.0 Å². The van der Waals surface area contributed by atoms with Gasteiger partial charge in [-0.05, 0) is 102 Å². The highest BCUT2D eigenvalue weighted by atomic mass is 16.7. The largest absolute Gasteiger partial charge is 0.495 e. The standard InChI is InChI=1S/C30H41BN4O3/c1-20(35-17-14-22(15-18-35)21-9-11-23(12-10-21)28(36)33(6)7)26-19-24-25(13-16-32-27(24)34(26)8)31-37-29(2,3)30(4,5)38-31/h9-13,16,19-20,22H,14-15,17-18H2,1-8H3/t20-/m0/s1/i6D3,7D3. The van der Waals surface area contributed by atoms with E-state index in [0.29, 0.717) is 0 Å². The van der Waals surface area contributed by atoms with E-state index in [1.807, 2.05) is 19.3 Å². The third-order valence-corrected chi connectivity index (χ3v) is 8.84. The number of carbonyl (C=O) groups excluding carboxylic acids is 1. The molecule has 2 saturated heterocycles. The van der Waals surface area contributed by atoms with Crippen molar-refractivity contribution in [3.8, 4) is 0 Å². The molecule has 8 heteroatoms. The fourth-order valence-corrected chi connectivity index (χ4v) is 5.67. The summed E-state index contributed by atoms with van der Waals surface area (Å²) >= 11 is 0. The summed E-state index contributed by atoms with van der Waals surface area (Å²) in [6.07, 6.45) is 3.64. The molecule has 2 fully saturated rings. The van der Waals surface area contributed by atoms with Crippen LogP contribution in [0.4, 0.5) is 0 Å². The van der Waals surface area contributed by atoms with Crippen molar-refractivity contribution in [1.29, 1.82) is 0 Å². The summed E-state index contributed by atoms with van der Waals surface area (Å²) in [4.78, 5) is 19.9. The van der Waals surface area contributed by atoms with Gasteiger partial charge < -0.3 is 18.8 Å². The van der Waals surface area contributed by atoms with E-state index in [2.05, 4.69) is 55.1 Å². The van der Waals surface area contributed by atoms with E-state index in [9.17, 15) is 4.79 Å². The van der Waals surface area contributed by atoms with Crippen LogP contribution >= 0.6 is 0 Å². The number of aromatic nitrogens is 2. The number of hydrogen-bond acceptors (Lipinski definition) is 5. The topological polar surface area (TPSA) is 59.8 Å². The number of benzene rings is 1. The van der Waals surface area contributed by atoms with E-state index in [1.165, 1.54) is 12.1 Å². The molecule has 1 aromatic carbocycles. The van der Waals surface area contributed by atoms with Gasteiger partial charge >= 0.3 is 7.12 Å². The van der Waals surface area contributed by atoms with Gasteiger partial charge in [0, 0.05) is 58.1 Å². The number of nitrogens with zero attached hydrogens (tertiary/aromatic N) is 4. The molecule has 0 unspecified atom stereocenters. The van der Waals surface area contributed by atoms with Gasteiger partial charge in [0.25, 0.3) is 5.91 Å². The molecule has 0 radical (unpaired) electrons. The van der Waals surface area contributed by atoms with Gasteiger partial charge in [-0.2, -0.15) is 0 Å². The molecule has 7 nitrogen and oxygen atoms in total. The van der Waals surface area contributed by atoms with E-state index in [0.717, 1.165) is 53.7 Å². The molecule has 0 aliphatic carbocycles. The molecular formula is C30H41BN4O3. The summed E-state index contributed by atoms with van der Waals surface area (Å²) < 4.78 is 60.0. The zero-order valence-electron chi connectivity index (χ0n) is 29.1. The van der Waals surface area contributed by atoms with Gasteiger partial charge in [0.15, 0.2) is 0 Å². The third-order valence-electron chi connectivity index (χ3n) is 8.84. The fraction of sp³-hybridized carbons (Fsp3) is 0.533. The number of amides is 1. The molecule has 2 aromatic heterocycles. The van der Waals surface area contributed by atoms with Crippen molar-refractivity contribution in [2.45, 2.75) is 70.6 Å². The first-order valence-electron chi connectivity index (χ1n) is 16.3. The lowest BCUT2D eigenvalue weighted by Crippen LogP contribution is -2.41. The Balaban J connectivity index is 1.28. The lowest BCUT2D eigenvalue weighted by Gasteiger charge is -2.36. The van der Waals surface area contributed by atoms with Crippen molar-refractivity contribution in [2.24, 2.45) is 7.05 Å². The first-order chi connectivity index (χ1) is 20.3. The summed E-state index contributed by atoms with van der Waals surface area (Å²) in [5.74, 6) is -0.765. The molecule has 0 N–H and O–H groups in total. The molecule has 0 saturated carbocycles. The van der Waals surface area contributed by atoms with E-state index in [1.54, 1.807) is 12.1 Å². The highest BCUT2D eigenvalue weighted by Crippen LogP contribution is 2.38. The zero-order chi connectivity index (χ0) is 32.4. The fourth-order valence-electron chi connectivity index (χ4n) is 5.67. The maximum Gasteiger partial charge on any atom is 0.495 e. The Hall–Kier alpha value is -2.68. The van der Waals surface area contributed by atoms with Gasteiger partial charge in [0.1, 0.15) is 5.65 Å². The Morgan fingerprint density at radius 1 is 1.11 bits per heavy atom. The number of rotatable bonds is 5. The Morgan fingerprint density at radius 2 is 1.74 bits per heavy atom. The van der Waals surface area contributed by atoms with Crippen molar-refractivity contribution >= 4 is 29.5 Å². The van der Waals surface area contributed by atoms with Gasteiger partial charge in [-0.3, -0.25) is 9.69 Å². The average molecular weight is 523 g/mol. The maximum absolute atomic E-state index is 12.8. The molecule has 1 amide bonds. The normalized spacial score (nSPS) is 23.7. The molecule has 2 aliphatic heterocycles. The van der Waals surface area contributed by atoms with Crippen LogP contribution in [-0.2, 0) is 16.4 Å². The number of likely N-dealkylation sites (tertiary alicyclic amines) is 1. The van der Waals surface area contributed by atoms with Crippen LogP contribution in [0.3, 0.4) is 0 Å². The SMILES string of the molecule is [2H]C([2H])([2H])N(C(=O)c1ccc(C2CCN([C@@H](C)c3cc4c(B5OC(C)(C)C(C)(C)O5)ccnc4n3C)CC2)cc1)C([2H])([2H])[2H]. The quantitative estimate of drug-likeness (QED) is 0.462. The van der Waals surface area contributed by atoms with Crippen LogP contribution < -0.4 is 5.46 Å². The highest BCUT2D eigenvalue weighted by molar-refractivity contribution is 6.65. The second-order valence-electron chi connectivity index (χ2n) is 11.6. The summed E-state index contributed by atoms with van der Waals surface area (Å²) in [6.45, 7) is 6.02. The van der Waals surface area contributed by atoms with E-state index in [-0.39, 0.29) is 22.4 Å². The molecule has 202 valence electrons. The molecule has 0 spiro atoms. The minimum Gasteiger partial charge on any atom is -0.399 e. The van der Waals surface area contributed by atoms with Crippen molar-refractivity contribution in [1.82, 2.24) is 19.4 Å². The predicted octanol–water partition coefficient (Wildman–Crippen LogP) is 4.51. The van der Waals surface area contributed by atoms with Crippen LogP contribution in [0, 0.1) is 0 Å². The maximum atomic E-state index is 12.8. The molecular weight excluding hydrogens is 475 g/mol. The van der Waals surface area contributed by atoms with Crippen molar-refractivity contribution in [3.63, 3.8) is 0 Å². The minimum absolute atomic E-state index is 0.00423. The Kier molecular flexibility index (Phi) is 5.23. The van der Waals surface area contributed by atoms with Gasteiger partial charge in [0.2, 0.25) is 0 Å². The lowest BCUT2D eigenvalue weighted by atomic mass is 9.78. The van der Waals surface area contributed by atoms with Gasteiger partial charge in [-0.1, -0.05) is 12.1 Å². The van der Waals surface area contributed by atoms with Crippen molar-refractivity contribution in [2.75, 3.05) is 27.0 Å². The molecule has 3 aromatic rings. The predicted molar refractivity (Wildman–Crippen MR) is 153 cm³/mol. The van der Waals surface area contributed by atoms with Crippen LogP contribution in [0.1, 0.15) is 89.3 Å². The molecule has 1 atom stereocenters. The van der Waals surface area contributed by atoms with Crippen molar-refractivity contribution < 1.29 is 22.3 Å². The number of carbonyl (C=O) groups is 1. The first-order valence-corrected chi connectivity index (χ1v) is 13.3. The molecule has 5 rings (SSSR count). The zero-order valence-corrected chi connectivity index (χ0v) is 23.1. The van der Waals surface area contributed by atoms with E-state index >= 15 is 0 Å². The van der Waals surface area contributed by atoms with Gasteiger partial charge in [-0.15, -0.1) is 0 Å². The van der Waals surface area contributed by atoms with Crippen molar-refractivity contribution in [3.05, 3.63) is 59.4 Å². The Bertz CT molecular complexity index is 1500. The third kappa shape index (κ3) is 4.67. The minimum atomic E-state index is -3.07. The number of pyridine rings is 1. The average Bonchev–Trinajstić information content (AvgIpc) is 3.37. The summed E-state index contributed by atoms with van der Waals surface area (Å²) in [5.41, 5.74) is 3.23. The van der Waals surface area contributed by atoms with Crippen LogP contribution in [0.2, 0.25) is 0 Å². The molecule has 4 heterocycles. The Labute approximate surface area is 235 Å². The summed E-state index contributed by atoms with van der Waals surface area (Å²) in [7, 11) is 1.57. The second-order valence-corrected chi connectivity index (χ2v) is 11.6. The highest BCUT2D eigenvalue weighted by Gasteiger charge is 2.52. The van der Waals surface area contributed by atoms with Crippen LogP contribution in [0.15, 0.2) is 42.6 Å². The van der Waals surface area contributed by atoms with Gasteiger partial charge in [-0.25, -0.2) is 4.98 Å². The summed E-state index contributed by atoms with van der Waals surface area (Å²) in [6, 6.07) is 11.0. The van der Waals surface area contributed by atoms with Gasteiger partial charge in [0.05, 0.1) is 11.2 Å². The molecule has 38 heavy (non-hydrogen) atoms. The second kappa shape index (κ2) is 9.81. The lowest BCUT2D eigenvalue weighted by molar-refractivity contribution is 0.00578. The van der Waals surface area contributed by atoms with E-state index in [4.69, 9.17) is 17.5 Å². The monoisotopic (exact) mass is 522 g/mol. The Morgan fingerprint density at radius 3 is 2.34 bits per heavy atom. The number of hydrogen-bond donors (Lipinski definition) is 0. The van der Waals surface area contributed by atoms with E-state index < -0.39 is 38.2 Å². The van der Waals surface area contributed by atoms with Crippen LogP contribution in [0.5, 0.6) is 0 Å².